The average molecular weight is 366 g/mol. The topological polar surface area (TPSA) is 41.6 Å². The van der Waals surface area contributed by atoms with E-state index in [0.717, 1.165) is 23.4 Å². The van der Waals surface area contributed by atoms with Crippen LogP contribution in [0.1, 0.15) is 16.7 Å². The fourth-order valence-electron chi connectivity index (χ4n) is 2.32. The molecular formula is C19H21F3N2O2. The van der Waals surface area contributed by atoms with Gasteiger partial charge in [0.25, 0.3) is 0 Å². The Morgan fingerprint density at radius 3 is 2.38 bits per heavy atom. The Hall–Kier alpha value is -2.70. The third kappa shape index (κ3) is 5.68. The second-order valence-electron chi connectivity index (χ2n) is 5.90. The van der Waals surface area contributed by atoms with Crippen LogP contribution >= 0.6 is 0 Å². The molecule has 0 aliphatic heterocycles. The fourth-order valence-corrected chi connectivity index (χ4v) is 2.32. The number of nitrogens with zero attached hydrogens (tertiary/aromatic N) is 1. The lowest BCUT2D eigenvalue weighted by Gasteiger charge is -2.18. The van der Waals surface area contributed by atoms with Crippen molar-refractivity contribution in [2.24, 2.45) is 0 Å². The lowest BCUT2D eigenvalue weighted by molar-refractivity contribution is -0.137. The molecule has 0 aliphatic carbocycles. The van der Waals surface area contributed by atoms with Crippen molar-refractivity contribution in [3.05, 3.63) is 65.2 Å². The van der Waals surface area contributed by atoms with Crippen LogP contribution in [0.4, 0.5) is 18.0 Å². The van der Waals surface area contributed by atoms with Gasteiger partial charge in [-0.2, -0.15) is 13.2 Å². The van der Waals surface area contributed by atoms with Crippen molar-refractivity contribution in [3.8, 4) is 5.75 Å². The van der Waals surface area contributed by atoms with Crippen LogP contribution < -0.4 is 10.1 Å². The minimum absolute atomic E-state index is 0.211. The van der Waals surface area contributed by atoms with E-state index >= 15 is 0 Å². The highest BCUT2D eigenvalue weighted by Crippen LogP contribution is 2.29. The number of carbonyl (C=O) groups excluding carboxylic acids is 1. The number of para-hydroxylation sites is 1. The maximum Gasteiger partial charge on any atom is 0.416 e. The van der Waals surface area contributed by atoms with Gasteiger partial charge in [-0.05, 0) is 36.2 Å². The lowest BCUT2D eigenvalue weighted by atomic mass is 10.1. The van der Waals surface area contributed by atoms with Crippen molar-refractivity contribution < 1.29 is 22.7 Å². The molecule has 0 atom stereocenters. The number of ether oxygens (including phenoxy) is 1. The first-order chi connectivity index (χ1) is 12.3. The molecule has 0 aliphatic rings. The first-order valence-corrected chi connectivity index (χ1v) is 8.11. The molecule has 0 spiro atoms. The highest BCUT2D eigenvalue weighted by molar-refractivity contribution is 5.73. The summed E-state index contributed by atoms with van der Waals surface area (Å²) >= 11 is 0. The van der Waals surface area contributed by atoms with Gasteiger partial charge in [0.2, 0.25) is 0 Å². The van der Waals surface area contributed by atoms with Gasteiger partial charge in [-0.25, -0.2) is 4.79 Å². The molecule has 2 rings (SSSR count). The third-order valence-electron chi connectivity index (χ3n) is 3.78. The molecule has 2 aromatic carbocycles. The van der Waals surface area contributed by atoms with Crippen molar-refractivity contribution in [2.75, 3.05) is 20.2 Å². The van der Waals surface area contributed by atoms with Gasteiger partial charge < -0.3 is 15.0 Å². The number of amides is 2. The van der Waals surface area contributed by atoms with E-state index in [-0.39, 0.29) is 12.6 Å². The molecule has 140 valence electrons. The average Bonchev–Trinajstić information content (AvgIpc) is 2.59. The van der Waals surface area contributed by atoms with Crippen LogP contribution in [0, 0.1) is 6.92 Å². The van der Waals surface area contributed by atoms with Gasteiger partial charge in [-0.3, -0.25) is 0 Å². The van der Waals surface area contributed by atoms with E-state index in [2.05, 4.69) is 5.32 Å². The molecule has 0 radical (unpaired) electrons. The summed E-state index contributed by atoms with van der Waals surface area (Å²) in [6.45, 7) is 2.80. The van der Waals surface area contributed by atoms with Gasteiger partial charge in [0.05, 0.1) is 12.1 Å². The Bertz CT molecular complexity index is 730. The summed E-state index contributed by atoms with van der Waals surface area (Å²) in [6.07, 6.45) is -4.36. The van der Waals surface area contributed by atoms with E-state index in [1.807, 2.05) is 31.2 Å². The molecular weight excluding hydrogens is 345 g/mol. The summed E-state index contributed by atoms with van der Waals surface area (Å²) in [5.74, 6) is 0.764. The zero-order valence-corrected chi connectivity index (χ0v) is 14.6. The number of aryl methyl sites for hydroxylation is 1. The molecule has 4 nitrogen and oxygen atoms in total. The molecule has 1 N–H and O–H groups in total. The second-order valence-corrected chi connectivity index (χ2v) is 5.90. The molecule has 7 heteroatoms. The molecule has 0 aromatic heterocycles. The molecule has 0 heterocycles. The summed E-state index contributed by atoms with van der Waals surface area (Å²) in [7, 11) is 1.58. The Kier molecular flexibility index (Phi) is 6.49. The third-order valence-corrected chi connectivity index (χ3v) is 3.78. The first-order valence-electron chi connectivity index (χ1n) is 8.11. The molecule has 0 unspecified atom stereocenters. The predicted octanol–water partition coefficient (Wildman–Crippen LogP) is 4.23. The van der Waals surface area contributed by atoms with Crippen LogP contribution in [-0.2, 0) is 12.7 Å². The lowest BCUT2D eigenvalue weighted by Crippen LogP contribution is -2.38. The van der Waals surface area contributed by atoms with Gasteiger partial charge in [0, 0.05) is 13.6 Å². The minimum atomic E-state index is -4.36. The van der Waals surface area contributed by atoms with Gasteiger partial charge >= 0.3 is 12.2 Å². The summed E-state index contributed by atoms with van der Waals surface area (Å²) in [5, 5.41) is 2.71. The maximum absolute atomic E-state index is 12.5. The SMILES string of the molecule is Cc1ccccc1OCCNC(=O)N(C)Cc1ccc(C(F)(F)F)cc1. The van der Waals surface area contributed by atoms with Crippen molar-refractivity contribution in [3.63, 3.8) is 0 Å². The molecule has 0 bridgehead atoms. The number of alkyl halides is 3. The maximum atomic E-state index is 12.5. The first kappa shape index (κ1) is 19.6. The van der Waals surface area contributed by atoms with Crippen molar-refractivity contribution in [1.82, 2.24) is 10.2 Å². The Balaban J connectivity index is 1.76. The molecule has 0 saturated carbocycles. The zero-order chi connectivity index (χ0) is 19.2. The standard InChI is InChI=1S/C19H21F3N2O2/c1-14-5-3-4-6-17(14)26-12-11-23-18(25)24(2)13-15-7-9-16(10-8-15)19(20,21)22/h3-10H,11-13H2,1-2H3,(H,23,25). The number of rotatable bonds is 6. The minimum Gasteiger partial charge on any atom is -0.491 e. The largest absolute Gasteiger partial charge is 0.491 e. The normalized spacial score (nSPS) is 11.1. The van der Waals surface area contributed by atoms with E-state index in [1.165, 1.54) is 17.0 Å². The van der Waals surface area contributed by atoms with Crippen LogP contribution in [0.5, 0.6) is 5.75 Å². The summed E-state index contributed by atoms with van der Waals surface area (Å²) in [5.41, 5.74) is 0.923. The number of hydrogen-bond donors (Lipinski definition) is 1. The summed E-state index contributed by atoms with van der Waals surface area (Å²) in [6, 6.07) is 12.0. The Morgan fingerprint density at radius 1 is 1.12 bits per heavy atom. The molecule has 0 saturated heterocycles. The van der Waals surface area contributed by atoms with Crippen molar-refractivity contribution in [2.45, 2.75) is 19.6 Å². The van der Waals surface area contributed by atoms with Crippen LogP contribution in [0.25, 0.3) is 0 Å². The number of benzene rings is 2. The van der Waals surface area contributed by atoms with E-state index in [1.54, 1.807) is 7.05 Å². The summed E-state index contributed by atoms with van der Waals surface area (Å²) < 4.78 is 43.2. The van der Waals surface area contributed by atoms with E-state index in [9.17, 15) is 18.0 Å². The predicted molar refractivity (Wildman–Crippen MR) is 93.0 cm³/mol. The van der Waals surface area contributed by atoms with E-state index < -0.39 is 11.7 Å². The van der Waals surface area contributed by atoms with Crippen LogP contribution in [-0.4, -0.2) is 31.1 Å². The smallest absolute Gasteiger partial charge is 0.416 e. The molecule has 2 aromatic rings. The van der Waals surface area contributed by atoms with Crippen LogP contribution in [0.2, 0.25) is 0 Å². The van der Waals surface area contributed by atoms with Crippen molar-refractivity contribution >= 4 is 6.03 Å². The highest BCUT2D eigenvalue weighted by atomic mass is 19.4. The monoisotopic (exact) mass is 366 g/mol. The molecule has 2 amide bonds. The van der Waals surface area contributed by atoms with Gasteiger partial charge in [0.1, 0.15) is 12.4 Å². The van der Waals surface area contributed by atoms with E-state index in [0.29, 0.717) is 18.7 Å². The molecule has 26 heavy (non-hydrogen) atoms. The summed E-state index contributed by atoms with van der Waals surface area (Å²) in [4.78, 5) is 13.4. The van der Waals surface area contributed by atoms with Crippen LogP contribution in [0.15, 0.2) is 48.5 Å². The highest BCUT2D eigenvalue weighted by Gasteiger charge is 2.29. The van der Waals surface area contributed by atoms with Crippen molar-refractivity contribution in [1.29, 1.82) is 0 Å². The van der Waals surface area contributed by atoms with Gasteiger partial charge in [-0.15, -0.1) is 0 Å². The molecule has 0 fully saturated rings. The number of halogens is 3. The quantitative estimate of drug-likeness (QED) is 0.777. The number of carbonyl (C=O) groups is 1. The van der Waals surface area contributed by atoms with Gasteiger partial charge in [-0.1, -0.05) is 30.3 Å². The van der Waals surface area contributed by atoms with E-state index in [4.69, 9.17) is 4.74 Å². The second kappa shape index (κ2) is 8.60. The number of urea groups is 1. The fraction of sp³-hybridized carbons (Fsp3) is 0.316. The van der Waals surface area contributed by atoms with Crippen LogP contribution in [0.3, 0.4) is 0 Å². The van der Waals surface area contributed by atoms with Gasteiger partial charge in [0.15, 0.2) is 0 Å². The Morgan fingerprint density at radius 2 is 1.77 bits per heavy atom. The zero-order valence-electron chi connectivity index (χ0n) is 14.6. The number of hydrogen-bond acceptors (Lipinski definition) is 2. The number of nitrogens with one attached hydrogen (secondary N) is 1. The Labute approximate surface area is 150 Å².